The summed E-state index contributed by atoms with van der Waals surface area (Å²) in [6, 6.07) is 79.1. The number of thiophene rings is 1. The maximum absolute atomic E-state index is 2.40. The zero-order valence-electron chi connectivity index (χ0n) is 31.1. The molecule has 1 heterocycles. The minimum atomic E-state index is 1.14. The van der Waals surface area contributed by atoms with Gasteiger partial charge in [0.15, 0.2) is 0 Å². The molecule has 3 heteroatoms. The highest BCUT2D eigenvalue weighted by molar-refractivity contribution is 7.27. The standard InChI is InChI=1S/C54H36N2S/c1-5-15-41(16-6-1)55(42-17-7-2-8-18-42)45-29-27-38-33-37(25-26-39(38)34-45)40-28-31-49-51(35-40)47-23-13-14-24-48(47)53-50-32-30-46(36-52(50)57-54(49)53)56(43-19-9-3-10-20-43)44-21-11-4-12-22-44/h1-36H. The summed E-state index contributed by atoms with van der Waals surface area (Å²) < 4.78 is 2.62. The van der Waals surface area contributed by atoms with Gasteiger partial charge in [-0.15, -0.1) is 11.3 Å². The van der Waals surface area contributed by atoms with Gasteiger partial charge in [-0.05, 0) is 123 Å². The maximum atomic E-state index is 2.40. The topological polar surface area (TPSA) is 6.48 Å². The molecule has 0 amide bonds. The molecule has 0 saturated carbocycles. The summed E-state index contributed by atoms with van der Waals surface area (Å²) >= 11 is 1.90. The van der Waals surface area contributed by atoms with Crippen molar-refractivity contribution >= 4 is 98.0 Å². The second kappa shape index (κ2) is 13.8. The van der Waals surface area contributed by atoms with Crippen LogP contribution < -0.4 is 9.80 Å². The van der Waals surface area contributed by atoms with E-state index in [0.717, 1.165) is 34.1 Å². The van der Waals surface area contributed by atoms with Gasteiger partial charge in [-0.3, -0.25) is 0 Å². The molecule has 11 rings (SSSR count). The summed E-state index contributed by atoms with van der Waals surface area (Å²) in [5, 5.41) is 10.2. The molecule has 57 heavy (non-hydrogen) atoms. The number of hydrogen-bond acceptors (Lipinski definition) is 3. The van der Waals surface area contributed by atoms with Gasteiger partial charge < -0.3 is 9.80 Å². The number of nitrogens with zero attached hydrogens (tertiary/aromatic N) is 2. The van der Waals surface area contributed by atoms with Gasteiger partial charge in [-0.2, -0.15) is 0 Å². The van der Waals surface area contributed by atoms with Crippen LogP contribution in [-0.4, -0.2) is 0 Å². The van der Waals surface area contributed by atoms with E-state index in [9.17, 15) is 0 Å². The first kappa shape index (κ1) is 33.2. The molecule has 268 valence electrons. The Balaban J connectivity index is 1.02. The van der Waals surface area contributed by atoms with Crippen LogP contribution in [0.3, 0.4) is 0 Å². The highest BCUT2D eigenvalue weighted by atomic mass is 32.1. The SMILES string of the molecule is c1ccc(N(c2ccccc2)c2ccc3cc(-c4ccc5c(c4)c4ccccc4c4c6ccc(N(c7ccccc7)c7ccccc7)cc6sc54)ccc3c2)cc1. The lowest BCUT2D eigenvalue weighted by Gasteiger charge is -2.25. The lowest BCUT2D eigenvalue weighted by molar-refractivity contribution is 1.29. The van der Waals surface area contributed by atoms with E-state index >= 15 is 0 Å². The highest BCUT2D eigenvalue weighted by Crippen LogP contribution is 2.47. The summed E-state index contributed by atoms with van der Waals surface area (Å²) in [5.74, 6) is 0. The van der Waals surface area contributed by atoms with Gasteiger partial charge in [0.05, 0.1) is 0 Å². The minimum Gasteiger partial charge on any atom is -0.310 e. The van der Waals surface area contributed by atoms with Crippen LogP contribution in [0.15, 0.2) is 218 Å². The Hall–Kier alpha value is -7.20. The fourth-order valence-electron chi connectivity index (χ4n) is 8.52. The summed E-state index contributed by atoms with van der Waals surface area (Å²) in [7, 11) is 0. The molecule has 0 radical (unpaired) electrons. The van der Waals surface area contributed by atoms with Crippen molar-refractivity contribution in [2.45, 2.75) is 0 Å². The predicted octanol–water partition coefficient (Wildman–Crippen LogP) is 16.1. The predicted molar refractivity (Wildman–Crippen MR) is 247 cm³/mol. The summed E-state index contributed by atoms with van der Waals surface area (Å²) in [4.78, 5) is 4.67. The third-order valence-electron chi connectivity index (χ3n) is 11.2. The Kier molecular flexibility index (Phi) is 8.04. The number of para-hydroxylation sites is 4. The summed E-state index contributed by atoms with van der Waals surface area (Å²) in [6.07, 6.45) is 0. The number of anilines is 6. The van der Waals surface area contributed by atoms with Gasteiger partial charge in [0.2, 0.25) is 0 Å². The van der Waals surface area contributed by atoms with Crippen molar-refractivity contribution in [3.8, 4) is 11.1 Å². The molecule has 0 aliphatic rings. The fraction of sp³-hybridized carbons (Fsp3) is 0. The van der Waals surface area contributed by atoms with Gasteiger partial charge in [0.1, 0.15) is 0 Å². The molecule has 0 aliphatic heterocycles. The zero-order valence-corrected chi connectivity index (χ0v) is 31.9. The van der Waals surface area contributed by atoms with E-state index < -0.39 is 0 Å². The molecule has 0 spiro atoms. The number of rotatable bonds is 7. The smallest absolute Gasteiger partial charge is 0.0476 e. The van der Waals surface area contributed by atoms with Crippen molar-refractivity contribution in [1.29, 1.82) is 0 Å². The van der Waals surface area contributed by atoms with Gasteiger partial charge in [-0.1, -0.05) is 133 Å². The van der Waals surface area contributed by atoms with E-state index in [4.69, 9.17) is 0 Å². The third-order valence-corrected chi connectivity index (χ3v) is 12.3. The van der Waals surface area contributed by atoms with E-state index in [-0.39, 0.29) is 0 Å². The fourth-order valence-corrected chi connectivity index (χ4v) is 9.81. The molecule has 0 atom stereocenters. The largest absolute Gasteiger partial charge is 0.310 e. The van der Waals surface area contributed by atoms with Crippen LogP contribution in [0.5, 0.6) is 0 Å². The van der Waals surface area contributed by atoms with Crippen LogP contribution in [0.4, 0.5) is 34.1 Å². The highest BCUT2D eigenvalue weighted by Gasteiger charge is 2.18. The zero-order chi connectivity index (χ0) is 37.7. The van der Waals surface area contributed by atoms with Crippen molar-refractivity contribution < 1.29 is 0 Å². The van der Waals surface area contributed by atoms with E-state index in [0.29, 0.717) is 0 Å². The quantitative estimate of drug-likeness (QED) is 0.150. The van der Waals surface area contributed by atoms with E-state index in [2.05, 4.69) is 228 Å². The Bertz CT molecular complexity index is 3150. The summed E-state index contributed by atoms with van der Waals surface area (Å²) in [6.45, 7) is 0. The van der Waals surface area contributed by atoms with Crippen molar-refractivity contribution in [2.24, 2.45) is 0 Å². The number of benzene rings is 10. The molecule has 11 aromatic rings. The molecule has 0 fully saturated rings. The number of hydrogen-bond donors (Lipinski definition) is 0. The normalized spacial score (nSPS) is 11.5. The first-order chi connectivity index (χ1) is 28.3. The molecular formula is C54H36N2S. The van der Waals surface area contributed by atoms with Crippen LogP contribution in [0, 0.1) is 0 Å². The van der Waals surface area contributed by atoms with E-state index in [1.807, 2.05) is 11.3 Å². The van der Waals surface area contributed by atoms with E-state index in [1.165, 1.54) is 63.6 Å². The average molecular weight is 745 g/mol. The van der Waals surface area contributed by atoms with Crippen LogP contribution >= 0.6 is 11.3 Å². The molecule has 0 bridgehead atoms. The van der Waals surface area contributed by atoms with Crippen molar-refractivity contribution in [3.63, 3.8) is 0 Å². The van der Waals surface area contributed by atoms with Gasteiger partial charge in [0.25, 0.3) is 0 Å². The summed E-state index contributed by atoms with van der Waals surface area (Å²) in [5.41, 5.74) is 9.28. The molecule has 0 saturated heterocycles. The van der Waals surface area contributed by atoms with E-state index in [1.54, 1.807) is 0 Å². The molecule has 0 N–H and O–H groups in total. The molecule has 1 aromatic heterocycles. The Morgan fingerprint density at radius 2 is 0.737 bits per heavy atom. The Morgan fingerprint density at radius 3 is 1.35 bits per heavy atom. The maximum Gasteiger partial charge on any atom is 0.0476 e. The van der Waals surface area contributed by atoms with Crippen molar-refractivity contribution in [3.05, 3.63) is 218 Å². The number of fused-ring (bicyclic) bond motifs is 9. The van der Waals surface area contributed by atoms with Crippen LogP contribution in [-0.2, 0) is 0 Å². The van der Waals surface area contributed by atoms with Crippen LogP contribution in [0.1, 0.15) is 0 Å². The van der Waals surface area contributed by atoms with Crippen LogP contribution in [0.25, 0.3) is 63.6 Å². The average Bonchev–Trinajstić information content (AvgIpc) is 3.67. The Morgan fingerprint density at radius 1 is 0.281 bits per heavy atom. The van der Waals surface area contributed by atoms with Gasteiger partial charge in [-0.25, -0.2) is 0 Å². The van der Waals surface area contributed by atoms with Crippen LogP contribution in [0.2, 0.25) is 0 Å². The minimum absolute atomic E-state index is 1.14. The van der Waals surface area contributed by atoms with Gasteiger partial charge in [0, 0.05) is 59.7 Å². The van der Waals surface area contributed by atoms with Crippen molar-refractivity contribution in [2.75, 3.05) is 9.80 Å². The molecule has 10 aromatic carbocycles. The monoisotopic (exact) mass is 744 g/mol. The second-order valence-corrected chi connectivity index (χ2v) is 15.6. The molecule has 2 nitrogen and oxygen atoms in total. The molecular weight excluding hydrogens is 709 g/mol. The lowest BCUT2D eigenvalue weighted by Crippen LogP contribution is -2.09. The second-order valence-electron chi connectivity index (χ2n) is 14.6. The Labute approximate surface area is 335 Å². The first-order valence-electron chi connectivity index (χ1n) is 19.4. The van der Waals surface area contributed by atoms with Crippen molar-refractivity contribution in [1.82, 2.24) is 0 Å². The molecule has 0 aliphatic carbocycles. The van der Waals surface area contributed by atoms with Gasteiger partial charge >= 0.3 is 0 Å². The lowest BCUT2D eigenvalue weighted by atomic mass is 9.93. The first-order valence-corrected chi connectivity index (χ1v) is 20.2. The third kappa shape index (κ3) is 5.80. The molecule has 0 unspecified atom stereocenters.